The van der Waals surface area contributed by atoms with Crippen molar-refractivity contribution in [3.63, 3.8) is 0 Å². The van der Waals surface area contributed by atoms with Crippen molar-refractivity contribution in [1.29, 1.82) is 0 Å². The topological polar surface area (TPSA) is 20.3 Å². The minimum Gasteiger partial charge on any atom is -0.343 e. The number of rotatable bonds is 3. The van der Waals surface area contributed by atoms with Crippen molar-refractivity contribution in [2.75, 3.05) is 13.1 Å². The summed E-state index contributed by atoms with van der Waals surface area (Å²) in [5.74, 6) is 0.182. The molecule has 0 atom stereocenters. The van der Waals surface area contributed by atoms with E-state index in [1.165, 1.54) is 0 Å². The molecule has 0 N–H and O–H groups in total. The van der Waals surface area contributed by atoms with Crippen LogP contribution in [0.15, 0.2) is 0 Å². The number of nitrogens with zero attached hydrogens (tertiary/aromatic N) is 1. The summed E-state index contributed by atoms with van der Waals surface area (Å²) in [6, 6.07) is 0. The SMILES string of the molecule is CCN(CCC(C)(C)C)C(C)=O. The molecule has 0 aliphatic rings. The normalized spacial score (nSPS) is 11.4. The van der Waals surface area contributed by atoms with Gasteiger partial charge in [-0.25, -0.2) is 0 Å². The minimum atomic E-state index is 0.182. The summed E-state index contributed by atoms with van der Waals surface area (Å²) < 4.78 is 0. The zero-order valence-corrected chi connectivity index (χ0v) is 8.98. The van der Waals surface area contributed by atoms with E-state index in [4.69, 9.17) is 0 Å². The smallest absolute Gasteiger partial charge is 0.219 e. The van der Waals surface area contributed by atoms with E-state index in [1.54, 1.807) is 6.92 Å². The maximum atomic E-state index is 11.0. The van der Waals surface area contributed by atoms with Crippen LogP contribution in [0.4, 0.5) is 0 Å². The lowest BCUT2D eigenvalue weighted by molar-refractivity contribution is -0.128. The van der Waals surface area contributed by atoms with E-state index in [9.17, 15) is 4.79 Å². The molecule has 0 bridgehead atoms. The average Bonchev–Trinajstić information content (AvgIpc) is 1.85. The average molecular weight is 171 g/mol. The molecule has 0 unspecified atom stereocenters. The van der Waals surface area contributed by atoms with Gasteiger partial charge >= 0.3 is 0 Å². The molecule has 0 rings (SSSR count). The van der Waals surface area contributed by atoms with Crippen LogP contribution in [0.3, 0.4) is 0 Å². The summed E-state index contributed by atoms with van der Waals surface area (Å²) in [6.45, 7) is 11.9. The monoisotopic (exact) mass is 171 g/mol. The third kappa shape index (κ3) is 5.16. The van der Waals surface area contributed by atoms with Gasteiger partial charge in [-0.1, -0.05) is 20.8 Å². The number of hydrogen-bond donors (Lipinski definition) is 0. The van der Waals surface area contributed by atoms with Crippen LogP contribution in [0.1, 0.15) is 41.0 Å². The fourth-order valence-electron chi connectivity index (χ4n) is 1.01. The zero-order chi connectivity index (χ0) is 9.78. The van der Waals surface area contributed by atoms with Crippen LogP contribution in [-0.2, 0) is 4.79 Å². The van der Waals surface area contributed by atoms with Gasteiger partial charge in [0.25, 0.3) is 0 Å². The van der Waals surface area contributed by atoms with Crippen molar-refractivity contribution in [2.45, 2.75) is 41.0 Å². The molecule has 2 heteroatoms. The van der Waals surface area contributed by atoms with Crippen LogP contribution < -0.4 is 0 Å². The molecule has 0 radical (unpaired) electrons. The standard InChI is InChI=1S/C10H21NO/c1-6-11(9(2)12)8-7-10(3,4)5/h6-8H2,1-5H3. The maximum Gasteiger partial charge on any atom is 0.219 e. The van der Waals surface area contributed by atoms with E-state index in [0.717, 1.165) is 19.5 Å². The van der Waals surface area contributed by atoms with Crippen molar-refractivity contribution in [2.24, 2.45) is 5.41 Å². The Balaban J connectivity index is 3.81. The van der Waals surface area contributed by atoms with E-state index in [1.807, 2.05) is 11.8 Å². The second kappa shape index (κ2) is 4.48. The second-order valence-corrected chi connectivity index (χ2v) is 4.41. The van der Waals surface area contributed by atoms with E-state index in [-0.39, 0.29) is 5.91 Å². The minimum absolute atomic E-state index is 0.182. The Morgan fingerprint density at radius 3 is 2.08 bits per heavy atom. The molecule has 0 saturated carbocycles. The van der Waals surface area contributed by atoms with Crippen LogP contribution in [0, 0.1) is 5.41 Å². The largest absolute Gasteiger partial charge is 0.343 e. The maximum absolute atomic E-state index is 11.0. The van der Waals surface area contributed by atoms with Gasteiger partial charge in [0.2, 0.25) is 5.91 Å². The van der Waals surface area contributed by atoms with Crippen LogP contribution >= 0.6 is 0 Å². The van der Waals surface area contributed by atoms with E-state index < -0.39 is 0 Å². The summed E-state index contributed by atoms with van der Waals surface area (Å²) in [5, 5.41) is 0. The van der Waals surface area contributed by atoms with Crippen molar-refractivity contribution in [1.82, 2.24) is 4.90 Å². The highest BCUT2D eigenvalue weighted by molar-refractivity contribution is 5.73. The van der Waals surface area contributed by atoms with Crippen LogP contribution in [0.25, 0.3) is 0 Å². The third-order valence-electron chi connectivity index (χ3n) is 1.96. The van der Waals surface area contributed by atoms with Gasteiger partial charge < -0.3 is 4.90 Å². The quantitative estimate of drug-likeness (QED) is 0.638. The summed E-state index contributed by atoms with van der Waals surface area (Å²) in [5.41, 5.74) is 0.322. The lowest BCUT2D eigenvalue weighted by atomic mass is 9.92. The molecule has 0 aliphatic heterocycles. The summed E-state index contributed by atoms with van der Waals surface area (Å²) in [6.07, 6.45) is 1.07. The third-order valence-corrected chi connectivity index (χ3v) is 1.96. The molecule has 2 nitrogen and oxygen atoms in total. The summed E-state index contributed by atoms with van der Waals surface area (Å²) >= 11 is 0. The highest BCUT2D eigenvalue weighted by Crippen LogP contribution is 2.18. The molecule has 0 saturated heterocycles. The first-order valence-corrected chi connectivity index (χ1v) is 4.62. The molecule has 0 fully saturated rings. The van der Waals surface area contributed by atoms with Crippen LogP contribution in [-0.4, -0.2) is 23.9 Å². The van der Waals surface area contributed by atoms with Gasteiger partial charge in [0.15, 0.2) is 0 Å². The Morgan fingerprint density at radius 2 is 1.83 bits per heavy atom. The van der Waals surface area contributed by atoms with Crippen molar-refractivity contribution in [3.8, 4) is 0 Å². The lowest BCUT2D eigenvalue weighted by Crippen LogP contribution is -2.31. The molecular weight excluding hydrogens is 150 g/mol. The molecule has 0 heterocycles. The predicted octanol–water partition coefficient (Wildman–Crippen LogP) is 2.29. The molecule has 0 aromatic carbocycles. The molecule has 72 valence electrons. The highest BCUT2D eigenvalue weighted by Gasteiger charge is 2.13. The molecule has 12 heavy (non-hydrogen) atoms. The van der Waals surface area contributed by atoms with Gasteiger partial charge in [-0.15, -0.1) is 0 Å². The predicted molar refractivity (Wildman–Crippen MR) is 52.0 cm³/mol. The second-order valence-electron chi connectivity index (χ2n) is 4.41. The van der Waals surface area contributed by atoms with Crippen molar-refractivity contribution in [3.05, 3.63) is 0 Å². The Labute approximate surface area is 75.9 Å². The summed E-state index contributed by atoms with van der Waals surface area (Å²) in [4.78, 5) is 12.9. The van der Waals surface area contributed by atoms with Gasteiger partial charge in [0.1, 0.15) is 0 Å². The molecule has 0 aromatic rings. The van der Waals surface area contributed by atoms with Crippen LogP contribution in [0.5, 0.6) is 0 Å². The Hall–Kier alpha value is -0.530. The number of carbonyl (C=O) groups is 1. The van der Waals surface area contributed by atoms with Gasteiger partial charge in [0, 0.05) is 20.0 Å². The van der Waals surface area contributed by atoms with Gasteiger partial charge in [-0.3, -0.25) is 4.79 Å². The number of carbonyl (C=O) groups excluding carboxylic acids is 1. The molecule has 1 amide bonds. The van der Waals surface area contributed by atoms with Gasteiger partial charge in [-0.2, -0.15) is 0 Å². The van der Waals surface area contributed by atoms with E-state index in [0.29, 0.717) is 5.41 Å². The first-order valence-electron chi connectivity index (χ1n) is 4.62. The fraction of sp³-hybridized carbons (Fsp3) is 0.900. The van der Waals surface area contributed by atoms with E-state index in [2.05, 4.69) is 20.8 Å². The van der Waals surface area contributed by atoms with Crippen molar-refractivity contribution < 1.29 is 4.79 Å². The van der Waals surface area contributed by atoms with E-state index >= 15 is 0 Å². The first kappa shape index (κ1) is 11.5. The van der Waals surface area contributed by atoms with Crippen LogP contribution in [0.2, 0.25) is 0 Å². The number of amides is 1. The lowest BCUT2D eigenvalue weighted by Gasteiger charge is -2.24. The Morgan fingerprint density at radius 1 is 1.33 bits per heavy atom. The highest BCUT2D eigenvalue weighted by atomic mass is 16.2. The van der Waals surface area contributed by atoms with Gasteiger partial charge in [-0.05, 0) is 18.8 Å². The first-order chi connectivity index (χ1) is 5.37. The Bertz CT molecular complexity index is 146. The van der Waals surface area contributed by atoms with Gasteiger partial charge in [0.05, 0.1) is 0 Å². The zero-order valence-electron chi connectivity index (χ0n) is 8.98. The van der Waals surface area contributed by atoms with Crippen molar-refractivity contribution >= 4 is 5.91 Å². The number of hydrogen-bond acceptors (Lipinski definition) is 1. The summed E-state index contributed by atoms with van der Waals surface area (Å²) in [7, 11) is 0. The molecule has 0 spiro atoms. The Kier molecular flexibility index (Phi) is 4.29. The fourth-order valence-corrected chi connectivity index (χ4v) is 1.01. The molecular formula is C10H21NO. The molecule has 0 aromatic heterocycles. The molecule has 0 aliphatic carbocycles.